The molecular weight excluding hydrogens is 105 g/mol. The molecule has 0 rings (SSSR count). The minimum atomic E-state index is -0.225. The summed E-state index contributed by atoms with van der Waals surface area (Å²) in [6.07, 6.45) is 0. The highest BCUT2D eigenvalue weighted by Crippen LogP contribution is 1.66. The van der Waals surface area contributed by atoms with Gasteiger partial charge >= 0.3 is 7.28 Å². The van der Waals surface area contributed by atoms with Gasteiger partial charge in [0.1, 0.15) is 0 Å². The van der Waals surface area contributed by atoms with Gasteiger partial charge in [-0.25, -0.2) is 0 Å². The van der Waals surface area contributed by atoms with Crippen LogP contribution in [0.3, 0.4) is 0 Å². The van der Waals surface area contributed by atoms with Gasteiger partial charge in [-0.2, -0.15) is 0 Å². The number of carbonyl (C=O) groups excluding carboxylic acids is 2. The Morgan fingerprint density at radius 2 is 2.00 bits per heavy atom. The molecule has 0 aromatic carbocycles. The molecule has 44 valence electrons. The highest BCUT2D eigenvalue weighted by Gasteiger charge is 2.03. The Kier molecular flexibility index (Phi) is 2.92. The second kappa shape index (κ2) is 3.24. The van der Waals surface area contributed by atoms with Gasteiger partial charge in [0, 0.05) is 7.05 Å². The summed E-state index contributed by atoms with van der Waals surface area (Å²) in [5, 5.41) is 2.34. The molecule has 0 unspecified atom stereocenters. The maximum atomic E-state index is 10.3. The Bertz CT molecular complexity index is 113. The molecule has 0 fully saturated rings. The van der Waals surface area contributed by atoms with E-state index in [0.29, 0.717) is 0 Å². The Hall–Kier alpha value is -0.795. The van der Waals surface area contributed by atoms with Crippen LogP contribution in [0.25, 0.3) is 0 Å². The van der Waals surface area contributed by atoms with Gasteiger partial charge in [-0.05, 0) is 6.92 Å². The van der Waals surface area contributed by atoms with E-state index in [2.05, 4.69) is 5.32 Å². The summed E-state index contributed by atoms with van der Waals surface area (Å²) < 4.78 is 0. The maximum absolute atomic E-state index is 10.3. The minimum absolute atomic E-state index is 0.00347. The van der Waals surface area contributed by atoms with Crippen molar-refractivity contribution < 1.29 is 9.59 Å². The molecular formula is C4H8BNO2. The van der Waals surface area contributed by atoms with E-state index in [1.165, 1.54) is 14.0 Å². The van der Waals surface area contributed by atoms with Crippen LogP contribution < -0.4 is 5.32 Å². The lowest BCUT2D eigenvalue weighted by atomic mass is 9.73. The molecule has 0 spiro atoms. The van der Waals surface area contributed by atoms with Crippen LogP contribution in [0.15, 0.2) is 0 Å². The fourth-order valence-corrected chi connectivity index (χ4v) is 0.314. The second-order valence-corrected chi connectivity index (χ2v) is 1.55. The van der Waals surface area contributed by atoms with Gasteiger partial charge in [0.05, 0.1) is 5.68 Å². The lowest BCUT2D eigenvalue weighted by Crippen LogP contribution is -2.27. The predicted octanol–water partition coefficient (Wildman–Crippen LogP) is -0.691. The zero-order valence-electron chi connectivity index (χ0n) is 5.02. The van der Waals surface area contributed by atoms with Crippen LogP contribution in [0.4, 0.5) is 4.79 Å². The number of amides is 1. The fourth-order valence-electron chi connectivity index (χ4n) is 0.314. The van der Waals surface area contributed by atoms with Gasteiger partial charge in [-0.15, -0.1) is 0 Å². The molecule has 0 aliphatic carbocycles. The van der Waals surface area contributed by atoms with Crippen LogP contribution in [0, 0.1) is 0 Å². The largest absolute Gasteiger partial charge is 0.368 e. The average molecular weight is 113 g/mol. The predicted molar refractivity (Wildman–Crippen MR) is 32.3 cm³/mol. The van der Waals surface area contributed by atoms with E-state index >= 15 is 0 Å². The van der Waals surface area contributed by atoms with Crippen molar-refractivity contribution in [2.45, 2.75) is 6.92 Å². The number of carbonyl (C=O) groups is 2. The first-order valence-electron chi connectivity index (χ1n) is 2.37. The zero-order valence-corrected chi connectivity index (χ0v) is 5.02. The summed E-state index contributed by atoms with van der Waals surface area (Å²) in [5.74, 6) is -0.225. The van der Waals surface area contributed by atoms with Crippen molar-refractivity contribution in [2.24, 2.45) is 0 Å². The van der Waals surface area contributed by atoms with Crippen LogP contribution in [0.5, 0.6) is 0 Å². The lowest BCUT2D eigenvalue weighted by molar-refractivity contribution is -0.110. The lowest BCUT2D eigenvalue weighted by Gasteiger charge is -1.89. The molecule has 4 heteroatoms. The third-order valence-electron chi connectivity index (χ3n) is 0.688. The highest BCUT2D eigenvalue weighted by atomic mass is 16.2. The Labute approximate surface area is 48.7 Å². The number of nitrogens with one attached hydrogen (secondary N) is 1. The van der Waals surface area contributed by atoms with Gasteiger partial charge in [0.25, 0.3) is 0 Å². The normalized spacial score (nSPS) is 7.75. The van der Waals surface area contributed by atoms with Gasteiger partial charge in [-0.1, -0.05) is 0 Å². The van der Waals surface area contributed by atoms with Gasteiger partial charge in [-0.3, -0.25) is 4.79 Å². The van der Waals surface area contributed by atoms with E-state index in [0.717, 1.165) is 0 Å². The molecule has 0 radical (unpaired) electrons. The van der Waals surface area contributed by atoms with Crippen LogP contribution in [-0.2, 0) is 4.79 Å². The van der Waals surface area contributed by atoms with E-state index < -0.39 is 0 Å². The van der Waals surface area contributed by atoms with Crippen molar-refractivity contribution >= 4 is 18.8 Å². The monoisotopic (exact) mass is 113 g/mol. The Morgan fingerprint density at radius 1 is 1.50 bits per heavy atom. The van der Waals surface area contributed by atoms with E-state index in [1.807, 2.05) is 0 Å². The summed E-state index contributed by atoms with van der Waals surface area (Å²) in [5.41, 5.74) is -0.107. The summed E-state index contributed by atoms with van der Waals surface area (Å²) in [7, 11) is 1.50. The van der Waals surface area contributed by atoms with Crippen LogP contribution in [0.1, 0.15) is 6.92 Å². The zero-order chi connectivity index (χ0) is 6.57. The molecule has 3 nitrogen and oxygen atoms in total. The van der Waals surface area contributed by atoms with E-state index in [9.17, 15) is 9.59 Å². The molecule has 0 aromatic heterocycles. The smallest absolute Gasteiger partial charge is 0.312 e. The van der Waals surface area contributed by atoms with Crippen LogP contribution in [0.2, 0.25) is 0 Å². The molecule has 0 bridgehead atoms. The first-order chi connectivity index (χ1) is 3.66. The van der Waals surface area contributed by atoms with Crippen molar-refractivity contribution in [3.8, 4) is 0 Å². The number of hydrogen-bond acceptors (Lipinski definition) is 2. The summed E-state index contributed by atoms with van der Waals surface area (Å²) in [6.45, 7) is 1.38. The van der Waals surface area contributed by atoms with Crippen molar-refractivity contribution in [3.63, 3.8) is 0 Å². The molecule has 0 heterocycles. The van der Waals surface area contributed by atoms with Crippen molar-refractivity contribution in [3.05, 3.63) is 0 Å². The van der Waals surface area contributed by atoms with Crippen LogP contribution in [-0.4, -0.2) is 25.8 Å². The molecule has 8 heavy (non-hydrogen) atoms. The summed E-state index contributed by atoms with van der Waals surface area (Å²) in [6, 6.07) is 0. The van der Waals surface area contributed by atoms with E-state index in [-0.39, 0.29) is 18.8 Å². The maximum Gasteiger partial charge on any atom is 0.312 e. The van der Waals surface area contributed by atoms with Gasteiger partial charge in [0.2, 0.25) is 0 Å². The number of hydrogen-bond donors (Lipinski definition) is 1. The molecule has 0 aliphatic rings. The summed E-state index contributed by atoms with van der Waals surface area (Å²) in [4.78, 5) is 20.4. The fraction of sp³-hybridized carbons (Fsp3) is 0.500. The van der Waals surface area contributed by atoms with E-state index in [4.69, 9.17) is 0 Å². The SMILES string of the molecule is CNC(=O)BC(C)=O. The quantitative estimate of drug-likeness (QED) is 0.481. The third-order valence-corrected chi connectivity index (χ3v) is 0.688. The second-order valence-electron chi connectivity index (χ2n) is 1.55. The molecule has 0 atom stereocenters. The highest BCUT2D eigenvalue weighted by molar-refractivity contribution is 6.96. The van der Waals surface area contributed by atoms with Crippen molar-refractivity contribution in [2.75, 3.05) is 7.05 Å². The van der Waals surface area contributed by atoms with E-state index in [1.54, 1.807) is 0 Å². The molecule has 0 aliphatic heterocycles. The molecule has 1 amide bonds. The first kappa shape index (κ1) is 7.20. The minimum Gasteiger partial charge on any atom is -0.368 e. The standard InChI is InChI=1S/C4H8BNO2/c1-3(7)5-4(8)6-2/h5H,1-2H3,(H,6,8). The Morgan fingerprint density at radius 3 is 2.12 bits per heavy atom. The summed E-state index contributed by atoms with van der Waals surface area (Å²) >= 11 is 0. The molecule has 0 saturated heterocycles. The van der Waals surface area contributed by atoms with Crippen molar-refractivity contribution in [1.82, 2.24) is 5.32 Å². The molecule has 0 saturated carbocycles. The van der Waals surface area contributed by atoms with Gasteiger partial charge < -0.3 is 10.1 Å². The topological polar surface area (TPSA) is 46.2 Å². The van der Waals surface area contributed by atoms with Crippen molar-refractivity contribution in [1.29, 1.82) is 0 Å². The third kappa shape index (κ3) is 3.40. The molecule has 0 aromatic rings. The van der Waals surface area contributed by atoms with Gasteiger partial charge in [0.15, 0.2) is 5.81 Å². The average Bonchev–Trinajstić information content (AvgIpc) is 1.65. The van der Waals surface area contributed by atoms with Crippen LogP contribution >= 0.6 is 0 Å². The number of rotatable bonds is 2. The first-order valence-corrected chi connectivity index (χ1v) is 2.37. The molecule has 1 N–H and O–H groups in total. The Balaban J connectivity index is 3.40.